The summed E-state index contributed by atoms with van der Waals surface area (Å²) in [7, 11) is -2.97. The Morgan fingerprint density at radius 1 is 1.06 bits per heavy atom. The van der Waals surface area contributed by atoms with Gasteiger partial charge in [-0.1, -0.05) is 30.3 Å². The van der Waals surface area contributed by atoms with Gasteiger partial charge in [0.1, 0.15) is 28.5 Å². The van der Waals surface area contributed by atoms with Crippen molar-refractivity contribution in [3.05, 3.63) is 83.9 Å². The average molecular weight is 510 g/mol. The summed E-state index contributed by atoms with van der Waals surface area (Å²) in [4.78, 5) is 13.1. The number of rotatable bonds is 13. The van der Waals surface area contributed by atoms with E-state index in [1.165, 1.54) is 12.6 Å². The van der Waals surface area contributed by atoms with E-state index in [9.17, 15) is 8.42 Å². The van der Waals surface area contributed by atoms with Crippen LogP contribution in [0, 0.1) is 0 Å². The molecule has 1 aliphatic rings. The predicted molar refractivity (Wildman–Crippen MR) is 140 cm³/mol. The van der Waals surface area contributed by atoms with E-state index in [2.05, 4.69) is 25.6 Å². The first-order valence-corrected chi connectivity index (χ1v) is 13.9. The predicted octanol–water partition coefficient (Wildman–Crippen LogP) is 2.84. The minimum Gasteiger partial charge on any atom is -0.489 e. The largest absolute Gasteiger partial charge is 0.489 e. The zero-order valence-corrected chi connectivity index (χ0v) is 21.1. The minimum absolute atomic E-state index is 0.117. The van der Waals surface area contributed by atoms with E-state index in [1.54, 1.807) is 12.4 Å². The first kappa shape index (κ1) is 25.7. The highest BCUT2D eigenvalue weighted by Crippen LogP contribution is 2.28. The summed E-state index contributed by atoms with van der Waals surface area (Å²) in [6.45, 7) is 1.99. The van der Waals surface area contributed by atoms with Crippen LogP contribution in [0.3, 0.4) is 0 Å². The van der Waals surface area contributed by atoms with Crippen LogP contribution in [0.25, 0.3) is 0 Å². The number of hydrogen-bond acceptors (Lipinski definition) is 9. The van der Waals surface area contributed by atoms with Gasteiger partial charge in [-0.25, -0.2) is 23.4 Å². The van der Waals surface area contributed by atoms with Crippen molar-refractivity contribution in [3.63, 3.8) is 0 Å². The third kappa shape index (κ3) is 7.84. The molecule has 10 heteroatoms. The smallest absolute Gasteiger partial charge is 0.241 e. The second-order valence-corrected chi connectivity index (χ2v) is 10.9. The molecule has 0 saturated carbocycles. The minimum atomic E-state index is -2.97. The topological polar surface area (TPSA) is 115 Å². The number of fused-ring (bicyclic) bond motifs is 1. The lowest BCUT2D eigenvalue weighted by molar-refractivity contribution is -0.0187. The third-order valence-electron chi connectivity index (χ3n) is 5.58. The number of ether oxygens (including phenoxy) is 2. The number of aliphatic imine (C=N–C) groups is 1. The fourth-order valence-corrected chi connectivity index (χ4v) is 4.23. The Kier molecular flexibility index (Phi) is 8.63. The highest BCUT2D eigenvalue weighted by molar-refractivity contribution is 7.90. The molecule has 1 atom stereocenters. The van der Waals surface area contributed by atoms with Crippen LogP contribution in [0.2, 0.25) is 0 Å². The van der Waals surface area contributed by atoms with Crippen LogP contribution in [0.5, 0.6) is 5.75 Å². The number of benzene rings is 2. The normalized spacial score (nSPS) is 16.9. The Hall–Kier alpha value is -3.34. The molecule has 0 aliphatic carbocycles. The van der Waals surface area contributed by atoms with E-state index >= 15 is 0 Å². The summed E-state index contributed by atoms with van der Waals surface area (Å²) in [6, 6.07) is 17.7. The van der Waals surface area contributed by atoms with E-state index in [0.29, 0.717) is 39.1 Å². The zero-order valence-electron chi connectivity index (χ0n) is 20.3. The highest BCUT2D eigenvalue weighted by Gasteiger charge is 2.34. The zero-order chi connectivity index (χ0) is 25.3. The maximum Gasteiger partial charge on any atom is 0.241 e. The van der Waals surface area contributed by atoms with Crippen molar-refractivity contribution in [2.24, 2.45) is 4.99 Å². The van der Waals surface area contributed by atoms with Crippen molar-refractivity contribution in [1.29, 1.82) is 0 Å². The summed E-state index contributed by atoms with van der Waals surface area (Å²) in [5, 5.41) is 6.56. The van der Waals surface area contributed by atoms with Crippen LogP contribution in [-0.2, 0) is 27.6 Å². The molecule has 2 N–H and O–H groups in total. The molecule has 0 saturated heterocycles. The Balaban J connectivity index is 1.36. The van der Waals surface area contributed by atoms with Crippen molar-refractivity contribution in [1.82, 2.24) is 15.3 Å². The Labute approximate surface area is 211 Å². The molecule has 1 aromatic heterocycles. The molecule has 1 aliphatic heterocycles. The molecule has 0 radical (unpaired) electrons. The monoisotopic (exact) mass is 509 g/mol. The standard InChI is InChI=1S/C26H31N5O4S/c1-36(32,33)15-13-27-12-5-14-35-26(16-22-17-28-20-29-25(22)18-30-26)31-23-8-10-24(11-9-23)34-19-21-6-3-2-4-7-21/h2-4,6-11,17-18,20,27,31H,5,12-16,19H2,1H3. The van der Waals surface area contributed by atoms with Gasteiger partial charge in [0.2, 0.25) is 5.85 Å². The first-order chi connectivity index (χ1) is 17.4. The Morgan fingerprint density at radius 3 is 2.64 bits per heavy atom. The molecule has 36 heavy (non-hydrogen) atoms. The lowest BCUT2D eigenvalue weighted by atomic mass is 10.1. The second-order valence-electron chi connectivity index (χ2n) is 8.66. The summed E-state index contributed by atoms with van der Waals surface area (Å²) in [6.07, 6.45) is 7.39. The van der Waals surface area contributed by atoms with E-state index in [1.807, 2.05) is 54.6 Å². The van der Waals surface area contributed by atoms with Gasteiger partial charge in [-0.2, -0.15) is 0 Å². The summed E-state index contributed by atoms with van der Waals surface area (Å²) in [5.74, 6) is -0.118. The summed E-state index contributed by atoms with van der Waals surface area (Å²) < 4.78 is 34.7. The van der Waals surface area contributed by atoms with Crippen molar-refractivity contribution >= 4 is 21.7 Å². The molecule has 4 rings (SSSR count). The maximum atomic E-state index is 11.3. The molecular formula is C26H31N5O4S. The Morgan fingerprint density at radius 2 is 1.86 bits per heavy atom. The number of nitrogens with one attached hydrogen (secondary N) is 2. The molecule has 0 spiro atoms. The highest BCUT2D eigenvalue weighted by atomic mass is 32.2. The SMILES string of the molecule is CS(=O)(=O)CCNCCCOC1(Nc2ccc(OCc3ccccc3)cc2)Cc2cncnc2C=N1. The quantitative estimate of drug-likeness (QED) is 0.267. The van der Waals surface area contributed by atoms with Gasteiger partial charge < -0.3 is 20.1 Å². The van der Waals surface area contributed by atoms with Gasteiger partial charge in [0, 0.05) is 36.7 Å². The Bertz CT molecular complexity index is 1250. The van der Waals surface area contributed by atoms with Gasteiger partial charge in [0.15, 0.2) is 0 Å². The van der Waals surface area contributed by atoms with Crippen LogP contribution < -0.4 is 15.4 Å². The van der Waals surface area contributed by atoms with E-state index < -0.39 is 15.7 Å². The van der Waals surface area contributed by atoms with E-state index in [-0.39, 0.29) is 5.75 Å². The van der Waals surface area contributed by atoms with Crippen molar-refractivity contribution in [2.75, 3.05) is 37.0 Å². The molecule has 0 amide bonds. The van der Waals surface area contributed by atoms with Crippen LogP contribution in [0.1, 0.15) is 23.2 Å². The average Bonchev–Trinajstić information content (AvgIpc) is 2.88. The molecule has 9 nitrogen and oxygen atoms in total. The van der Waals surface area contributed by atoms with Gasteiger partial charge in [-0.3, -0.25) is 0 Å². The maximum absolute atomic E-state index is 11.3. The van der Waals surface area contributed by atoms with Gasteiger partial charge >= 0.3 is 0 Å². The molecule has 1 unspecified atom stereocenters. The second kappa shape index (κ2) is 12.1. The van der Waals surface area contributed by atoms with Crippen LogP contribution >= 0.6 is 0 Å². The molecule has 190 valence electrons. The van der Waals surface area contributed by atoms with Gasteiger partial charge in [0.05, 0.1) is 24.3 Å². The van der Waals surface area contributed by atoms with Crippen LogP contribution in [-0.4, -0.2) is 62.2 Å². The van der Waals surface area contributed by atoms with E-state index in [0.717, 1.165) is 28.3 Å². The number of anilines is 1. The van der Waals surface area contributed by atoms with Crippen molar-refractivity contribution < 1.29 is 17.9 Å². The lowest BCUT2D eigenvalue weighted by Crippen LogP contribution is -2.44. The molecule has 3 aromatic rings. The van der Waals surface area contributed by atoms with Crippen LogP contribution in [0.15, 0.2) is 72.1 Å². The number of nitrogens with zero attached hydrogens (tertiary/aromatic N) is 3. The van der Waals surface area contributed by atoms with Crippen LogP contribution in [0.4, 0.5) is 5.69 Å². The lowest BCUT2D eigenvalue weighted by Gasteiger charge is -2.34. The fraction of sp³-hybridized carbons (Fsp3) is 0.346. The van der Waals surface area contributed by atoms with E-state index in [4.69, 9.17) is 9.47 Å². The van der Waals surface area contributed by atoms with Crippen molar-refractivity contribution in [2.45, 2.75) is 25.3 Å². The summed E-state index contributed by atoms with van der Waals surface area (Å²) >= 11 is 0. The number of hydrogen-bond donors (Lipinski definition) is 2. The third-order valence-corrected chi connectivity index (χ3v) is 6.52. The first-order valence-electron chi connectivity index (χ1n) is 11.8. The molecular weight excluding hydrogens is 478 g/mol. The van der Waals surface area contributed by atoms with Gasteiger partial charge in [-0.15, -0.1) is 0 Å². The molecule has 0 bridgehead atoms. The molecule has 0 fully saturated rings. The fourth-order valence-electron chi connectivity index (χ4n) is 3.71. The number of aromatic nitrogens is 2. The summed E-state index contributed by atoms with van der Waals surface area (Å²) in [5.41, 5.74) is 3.66. The van der Waals surface area contributed by atoms with Gasteiger partial charge in [0.25, 0.3) is 0 Å². The van der Waals surface area contributed by atoms with Gasteiger partial charge in [-0.05, 0) is 42.8 Å². The number of sulfone groups is 1. The molecule has 2 heterocycles. The van der Waals surface area contributed by atoms with Crippen molar-refractivity contribution in [3.8, 4) is 5.75 Å². The molecule has 2 aromatic carbocycles.